The molecule has 5 aromatic rings. The molecule has 0 spiro atoms. The smallest absolute Gasteiger partial charge is 0.152 e. The van der Waals surface area contributed by atoms with Gasteiger partial charge in [0, 0.05) is 28.6 Å². The molecule has 7 heteroatoms. The molecule has 0 unspecified atom stereocenters. The van der Waals surface area contributed by atoms with Gasteiger partial charge in [0.25, 0.3) is 0 Å². The molecular formula is C23H14F3N3O. The van der Waals surface area contributed by atoms with Crippen LogP contribution in [0.25, 0.3) is 38.8 Å². The second kappa shape index (κ2) is 6.88. The first kappa shape index (κ1) is 18.2. The molecule has 2 heterocycles. The first-order chi connectivity index (χ1) is 14.5. The summed E-state index contributed by atoms with van der Waals surface area (Å²) in [5.74, 6) is -1.24. The van der Waals surface area contributed by atoms with Crippen molar-refractivity contribution in [3.8, 4) is 22.7 Å². The van der Waals surface area contributed by atoms with Gasteiger partial charge < -0.3 is 4.74 Å². The molecule has 0 amide bonds. The highest BCUT2D eigenvalue weighted by molar-refractivity contribution is 6.08. The number of pyridine rings is 1. The highest BCUT2D eigenvalue weighted by atomic mass is 19.1. The Hall–Kier alpha value is -3.87. The molecule has 148 valence electrons. The Morgan fingerprint density at radius 2 is 1.67 bits per heavy atom. The van der Waals surface area contributed by atoms with E-state index < -0.39 is 17.5 Å². The molecule has 0 aliphatic rings. The van der Waals surface area contributed by atoms with Crippen molar-refractivity contribution >= 4 is 21.8 Å². The van der Waals surface area contributed by atoms with Crippen molar-refractivity contribution in [2.45, 2.75) is 0 Å². The van der Waals surface area contributed by atoms with E-state index in [0.717, 1.165) is 11.6 Å². The van der Waals surface area contributed by atoms with Gasteiger partial charge in [0.2, 0.25) is 0 Å². The molecule has 0 saturated heterocycles. The average Bonchev–Trinajstić information content (AvgIpc) is 3.14. The maximum absolute atomic E-state index is 14.4. The normalized spacial score (nSPS) is 11.3. The van der Waals surface area contributed by atoms with Crippen LogP contribution in [0, 0.1) is 17.5 Å². The van der Waals surface area contributed by atoms with E-state index in [-0.39, 0.29) is 10.9 Å². The van der Waals surface area contributed by atoms with Crippen molar-refractivity contribution in [3.63, 3.8) is 0 Å². The number of aromatic nitrogens is 3. The van der Waals surface area contributed by atoms with Crippen molar-refractivity contribution < 1.29 is 17.9 Å². The Morgan fingerprint density at radius 3 is 2.43 bits per heavy atom. The number of nitrogens with zero attached hydrogens (tertiary/aromatic N) is 3. The van der Waals surface area contributed by atoms with Gasteiger partial charge in [0.1, 0.15) is 28.6 Å². The van der Waals surface area contributed by atoms with E-state index in [2.05, 4.69) is 4.98 Å². The summed E-state index contributed by atoms with van der Waals surface area (Å²) in [6.45, 7) is 0. The SMILES string of the molecule is COc1cccc(-c2nn(-c3ccc(F)cc3)c3c2cnc2c(F)cc(F)cc23)c1. The van der Waals surface area contributed by atoms with Crippen LogP contribution in [0.3, 0.4) is 0 Å². The van der Waals surface area contributed by atoms with Crippen LogP contribution >= 0.6 is 0 Å². The molecule has 2 aromatic heterocycles. The van der Waals surface area contributed by atoms with Gasteiger partial charge in [-0.1, -0.05) is 12.1 Å². The van der Waals surface area contributed by atoms with Crippen LogP contribution in [-0.4, -0.2) is 21.9 Å². The highest BCUT2D eigenvalue weighted by Crippen LogP contribution is 2.35. The number of rotatable bonds is 3. The molecule has 30 heavy (non-hydrogen) atoms. The van der Waals surface area contributed by atoms with Crippen molar-refractivity contribution in [2.75, 3.05) is 7.11 Å². The molecule has 0 radical (unpaired) electrons. The molecular weight excluding hydrogens is 391 g/mol. The highest BCUT2D eigenvalue weighted by Gasteiger charge is 2.19. The van der Waals surface area contributed by atoms with Crippen LogP contribution < -0.4 is 4.74 Å². The Kier molecular flexibility index (Phi) is 4.17. The predicted molar refractivity (Wildman–Crippen MR) is 108 cm³/mol. The van der Waals surface area contributed by atoms with Gasteiger partial charge in [-0.15, -0.1) is 0 Å². The molecule has 0 bridgehead atoms. The minimum atomic E-state index is -0.762. The lowest BCUT2D eigenvalue weighted by atomic mass is 10.1. The predicted octanol–water partition coefficient (Wildman–Crippen LogP) is 5.67. The number of hydrogen-bond donors (Lipinski definition) is 0. The van der Waals surface area contributed by atoms with E-state index >= 15 is 0 Å². The van der Waals surface area contributed by atoms with Gasteiger partial charge >= 0.3 is 0 Å². The van der Waals surface area contributed by atoms with Crippen LogP contribution in [0.15, 0.2) is 66.9 Å². The summed E-state index contributed by atoms with van der Waals surface area (Å²) >= 11 is 0. The minimum absolute atomic E-state index is 0.0318. The molecule has 3 aromatic carbocycles. The summed E-state index contributed by atoms with van der Waals surface area (Å²) in [6.07, 6.45) is 1.51. The van der Waals surface area contributed by atoms with E-state index in [4.69, 9.17) is 9.84 Å². The monoisotopic (exact) mass is 405 g/mol. The van der Waals surface area contributed by atoms with Gasteiger partial charge in [-0.25, -0.2) is 17.9 Å². The van der Waals surface area contributed by atoms with Gasteiger partial charge in [-0.2, -0.15) is 5.10 Å². The first-order valence-corrected chi connectivity index (χ1v) is 9.12. The van der Waals surface area contributed by atoms with Gasteiger partial charge in [0.05, 0.1) is 18.3 Å². The zero-order chi connectivity index (χ0) is 20.8. The van der Waals surface area contributed by atoms with Crippen molar-refractivity contribution in [3.05, 3.63) is 84.3 Å². The lowest BCUT2D eigenvalue weighted by Gasteiger charge is -2.06. The van der Waals surface area contributed by atoms with Crippen LogP contribution in [0.4, 0.5) is 13.2 Å². The third kappa shape index (κ3) is 2.86. The van der Waals surface area contributed by atoms with Crippen molar-refractivity contribution in [1.82, 2.24) is 14.8 Å². The number of hydrogen-bond acceptors (Lipinski definition) is 3. The van der Waals surface area contributed by atoms with Gasteiger partial charge in [0.15, 0.2) is 5.82 Å². The van der Waals surface area contributed by atoms with Crippen LogP contribution in [0.2, 0.25) is 0 Å². The molecule has 0 fully saturated rings. The molecule has 0 atom stereocenters. The van der Waals surface area contributed by atoms with E-state index in [0.29, 0.717) is 28.0 Å². The standard InChI is InChI=1S/C23H14F3N3O/c1-30-17-4-2-3-13(9-17)21-19-12-27-22-18(10-15(25)11-20(22)26)23(19)29(28-21)16-7-5-14(24)6-8-16/h2-12H,1H3. The molecule has 0 N–H and O–H groups in total. The number of benzene rings is 3. The number of fused-ring (bicyclic) bond motifs is 3. The van der Waals surface area contributed by atoms with Gasteiger partial charge in [-0.05, 0) is 42.5 Å². The molecule has 0 aliphatic heterocycles. The molecule has 0 aliphatic carbocycles. The molecule has 5 rings (SSSR count). The summed E-state index contributed by atoms with van der Waals surface area (Å²) in [5, 5.41) is 5.57. The van der Waals surface area contributed by atoms with E-state index in [1.807, 2.05) is 18.2 Å². The van der Waals surface area contributed by atoms with E-state index in [9.17, 15) is 13.2 Å². The van der Waals surface area contributed by atoms with Gasteiger partial charge in [-0.3, -0.25) is 4.98 Å². The maximum Gasteiger partial charge on any atom is 0.152 e. The third-order valence-corrected chi connectivity index (χ3v) is 4.94. The Bertz CT molecular complexity index is 1410. The third-order valence-electron chi connectivity index (χ3n) is 4.94. The zero-order valence-electron chi connectivity index (χ0n) is 15.7. The summed E-state index contributed by atoms with van der Waals surface area (Å²) in [5.41, 5.74) is 2.37. The lowest BCUT2D eigenvalue weighted by Crippen LogP contribution is -1.98. The first-order valence-electron chi connectivity index (χ1n) is 9.12. The molecule has 4 nitrogen and oxygen atoms in total. The van der Waals surface area contributed by atoms with E-state index in [1.165, 1.54) is 24.4 Å². The topological polar surface area (TPSA) is 39.9 Å². The largest absolute Gasteiger partial charge is 0.497 e. The summed E-state index contributed by atoms with van der Waals surface area (Å²) in [7, 11) is 1.56. The lowest BCUT2D eigenvalue weighted by molar-refractivity contribution is 0.415. The fourth-order valence-electron chi connectivity index (χ4n) is 3.57. The number of ether oxygens (including phenoxy) is 1. The van der Waals surface area contributed by atoms with Crippen LogP contribution in [0.5, 0.6) is 5.75 Å². The summed E-state index contributed by atoms with van der Waals surface area (Å²) in [6, 6.07) is 15.0. The minimum Gasteiger partial charge on any atom is -0.497 e. The molecule has 0 saturated carbocycles. The van der Waals surface area contributed by atoms with Crippen LogP contribution in [-0.2, 0) is 0 Å². The second-order valence-corrected chi connectivity index (χ2v) is 6.77. The Labute approximate surface area is 169 Å². The number of halogens is 3. The second-order valence-electron chi connectivity index (χ2n) is 6.77. The summed E-state index contributed by atoms with van der Waals surface area (Å²) < 4.78 is 48.8. The maximum atomic E-state index is 14.4. The Morgan fingerprint density at radius 1 is 0.867 bits per heavy atom. The number of methoxy groups -OCH3 is 1. The van der Waals surface area contributed by atoms with E-state index in [1.54, 1.807) is 30.0 Å². The Balaban J connectivity index is 1.91. The average molecular weight is 405 g/mol. The van der Waals surface area contributed by atoms with Crippen molar-refractivity contribution in [1.29, 1.82) is 0 Å². The fourth-order valence-corrected chi connectivity index (χ4v) is 3.57. The van der Waals surface area contributed by atoms with Crippen molar-refractivity contribution in [2.24, 2.45) is 0 Å². The zero-order valence-corrected chi connectivity index (χ0v) is 15.7. The fraction of sp³-hybridized carbons (Fsp3) is 0.0435. The quantitative estimate of drug-likeness (QED) is 0.389. The summed E-state index contributed by atoms with van der Waals surface area (Å²) in [4.78, 5) is 4.21. The van der Waals surface area contributed by atoms with Crippen LogP contribution in [0.1, 0.15) is 0 Å².